The van der Waals surface area contributed by atoms with Crippen LogP contribution in [0.4, 0.5) is 0 Å². The van der Waals surface area contributed by atoms with E-state index in [9.17, 15) is 9.59 Å². The molecule has 0 unspecified atom stereocenters. The van der Waals surface area contributed by atoms with Crippen LogP contribution in [-0.2, 0) is 13.1 Å². The number of amides is 1. The van der Waals surface area contributed by atoms with E-state index in [1.54, 1.807) is 24.3 Å². The molecule has 0 fully saturated rings. The van der Waals surface area contributed by atoms with Crippen molar-refractivity contribution in [3.63, 3.8) is 0 Å². The molecule has 0 bridgehead atoms. The smallest absolute Gasteiger partial charge is 0.251 e. The summed E-state index contributed by atoms with van der Waals surface area (Å²) < 4.78 is 2.80. The van der Waals surface area contributed by atoms with Crippen LogP contribution in [0, 0.1) is 0 Å². The van der Waals surface area contributed by atoms with Gasteiger partial charge in [0.1, 0.15) is 13.1 Å². The quantitative estimate of drug-likeness (QED) is 0.172. The van der Waals surface area contributed by atoms with Crippen LogP contribution in [0.1, 0.15) is 70.9 Å². The van der Waals surface area contributed by atoms with Crippen molar-refractivity contribution < 1.29 is 23.0 Å². The highest BCUT2D eigenvalue weighted by Crippen LogP contribution is 2.14. The lowest BCUT2D eigenvalue weighted by atomic mass is 10.0. The Morgan fingerprint density at radius 3 is 1.74 bits per heavy atom. The van der Waals surface area contributed by atoms with Crippen molar-refractivity contribution in [2.24, 2.45) is 0 Å². The van der Waals surface area contributed by atoms with Gasteiger partial charge in [-0.3, -0.25) is 9.59 Å². The van der Waals surface area contributed by atoms with Crippen molar-refractivity contribution in [1.82, 2.24) is 5.32 Å². The standard InChI is InChI=1S/C33H54N4O2/c1-9-23-36(5,6)24-11-10-13-32(38)30-18-20-31(21-19-30)33(39)34-22-12-25-37(7,8)27-29-16-14-28(15-17-29)26-35(2,3)4/h14-21H,9-13,22-27H2,1-8H3/q+2/p+1. The number of quaternary nitrogens is 3. The summed E-state index contributed by atoms with van der Waals surface area (Å²) in [6, 6.07) is 16.1. The number of hydrogen-bond acceptors (Lipinski definition) is 2. The van der Waals surface area contributed by atoms with E-state index in [1.807, 2.05) is 0 Å². The zero-order valence-electron chi connectivity index (χ0n) is 26.1. The van der Waals surface area contributed by atoms with E-state index in [1.165, 1.54) is 24.1 Å². The van der Waals surface area contributed by atoms with Crippen LogP contribution in [0.3, 0.4) is 0 Å². The number of hydrogen-bond donors (Lipinski definition) is 1. The normalized spacial score (nSPS) is 12.4. The predicted molar refractivity (Wildman–Crippen MR) is 163 cm³/mol. The molecule has 0 aromatic heterocycles. The first kappa shape index (κ1) is 32.7. The van der Waals surface area contributed by atoms with Gasteiger partial charge in [0.2, 0.25) is 0 Å². The first-order valence-electron chi connectivity index (χ1n) is 14.6. The third-order valence-electron chi connectivity index (χ3n) is 7.23. The molecule has 0 heterocycles. The summed E-state index contributed by atoms with van der Waals surface area (Å²) in [6.45, 7) is 8.07. The number of unbranched alkanes of at least 4 members (excludes halogenated alkanes) is 1. The zero-order valence-corrected chi connectivity index (χ0v) is 26.1. The second-order valence-electron chi connectivity index (χ2n) is 13.5. The van der Waals surface area contributed by atoms with Crippen LogP contribution >= 0.6 is 0 Å². The maximum absolute atomic E-state index is 12.6. The second kappa shape index (κ2) is 14.7. The fourth-order valence-electron chi connectivity index (χ4n) is 5.18. The van der Waals surface area contributed by atoms with Crippen LogP contribution in [0.15, 0.2) is 48.5 Å². The lowest BCUT2D eigenvalue weighted by Crippen LogP contribution is -2.41. The Morgan fingerprint density at radius 2 is 1.18 bits per heavy atom. The second-order valence-corrected chi connectivity index (χ2v) is 13.5. The number of benzene rings is 2. The first-order valence-corrected chi connectivity index (χ1v) is 14.6. The number of carbonyl (C=O) groups is 2. The minimum absolute atomic E-state index is 0.0805. The summed E-state index contributed by atoms with van der Waals surface area (Å²) in [7, 11) is 15.6. The van der Waals surface area contributed by atoms with E-state index in [0.717, 1.165) is 58.9 Å². The highest BCUT2D eigenvalue weighted by atomic mass is 16.1. The Balaban J connectivity index is 1.72. The molecule has 216 valence electrons. The van der Waals surface area contributed by atoms with Gasteiger partial charge in [-0.25, -0.2) is 0 Å². The van der Waals surface area contributed by atoms with Gasteiger partial charge in [0.25, 0.3) is 5.91 Å². The summed E-state index contributed by atoms with van der Waals surface area (Å²) in [5.74, 6) is 0.0776. The van der Waals surface area contributed by atoms with Gasteiger partial charge in [-0.1, -0.05) is 43.3 Å². The van der Waals surface area contributed by atoms with Gasteiger partial charge in [0.15, 0.2) is 5.78 Å². The van der Waals surface area contributed by atoms with Gasteiger partial charge < -0.3 is 18.8 Å². The van der Waals surface area contributed by atoms with Crippen LogP contribution in [-0.4, -0.2) is 101 Å². The molecule has 2 aromatic rings. The number of carbonyl (C=O) groups excluding carboxylic acids is 2. The molecule has 6 nitrogen and oxygen atoms in total. The molecule has 0 saturated carbocycles. The molecule has 0 aliphatic heterocycles. The maximum atomic E-state index is 12.6. The molecule has 0 spiro atoms. The largest absolute Gasteiger partial charge is 0.352 e. The Labute approximate surface area is 238 Å². The number of ketones is 1. The van der Waals surface area contributed by atoms with Gasteiger partial charge >= 0.3 is 0 Å². The summed E-state index contributed by atoms with van der Waals surface area (Å²) in [5, 5.41) is 3.04. The number of rotatable bonds is 17. The lowest BCUT2D eigenvalue weighted by Gasteiger charge is -2.30. The average molecular weight is 540 g/mol. The lowest BCUT2D eigenvalue weighted by molar-refractivity contribution is -0.903. The van der Waals surface area contributed by atoms with Gasteiger partial charge in [-0.15, -0.1) is 0 Å². The fourth-order valence-corrected chi connectivity index (χ4v) is 5.18. The molecular formula is C33H55N4O2+3. The summed E-state index contributed by atoms with van der Waals surface area (Å²) in [6.07, 6.45) is 4.60. The Bertz CT molecular complexity index is 1030. The predicted octanol–water partition coefficient (Wildman–Crippen LogP) is 5.13. The van der Waals surface area contributed by atoms with E-state index >= 15 is 0 Å². The summed E-state index contributed by atoms with van der Waals surface area (Å²) in [5.41, 5.74) is 3.99. The van der Waals surface area contributed by atoms with Gasteiger partial charge in [0, 0.05) is 41.6 Å². The zero-order chi connectivity index (χ0) is 29.1. The van der Waals surface area contributed by atoms with Crippen molar-refractivity contribution in [2.75, 3.05) is 75.5 Å². The highest BCUT2D eigenvalue weighted by Gasteiger charge is 2.17. The van der Waals surface area contributed by atoms with Crippen molar-refractivity contribution in [3.8, 4) is 0 Å². The monoisotopic (exact) mass is 539 g/mol. The van der Waals surface area contributed by atoms with Crippen molar-refractivity contribution in [2.45, 2.75) is 52.1 Å². The van der Waals surface area contributed by atoms with E-state index in [0.29, 0.717) is 24.1 Å². The third kappa shape index (κ3) is 12.9. The molecule has 0 saturated heterocycles. The third-order valence-corrected chi connectivity index (χ3v) is 7.23. The molecule has 1 N–H and O–H groups in total. The molecule has 1 amide bonds. The minimum Gasteiger partial charge on any atom is -0.352 e. The van der Waals surface area contributed by atoms with Crippen LogP contribution < -0.4 is 5.32 Å². The maximum Gasteiger partial charge on any atom is 0.251 e. The van der Waals surface area contributed by atoms with Crippen molar-refractivity contribution >= 4 is 11.7 Å². The summed E-state index contributed by atoms with van der Waals surface area (Å²) in [4.78, 5) is 25.2. The molecular weight excluding hydrogens is 484 g/mol. The molecule has 2 rings (SSSR count). The minimum atomic E-state index is -0.0805. The van der Waals surface area contributed by atoms with Crippen molar-refractivity contribution in [3.05, 3.63) is 70.8 Å². The Kier molecular flexibility index (Phi) is 12.3. The Hall–Kier alpha value is -2.54. The van der Waals surface area contributed by atoms with Crippen LogP contribution in [0.25, 0.3) is 0 Å². The topological polar surface area (TPSA) is 46.2 Å². The van der Waals surface area contributed by atoms with Gasteiger partial charge in [-0.2, -0.15) is 0 Å². The number of nitrogens with one attached hydrogen (secondary N) is 1. The molecule has 2 aromatic carbocycles. The number of nitrogens with zero attached hydrogens (tertiary/aromatic N) is 3. The van der Waals surface area contributed by atoms with E-state index < -0.39 is 0 Å². The van der Waals surface area contributed by atoms with Crippen molar-refractivity contribution in [1.29, 1.82) is 0 Å². The van der Waals surface area contributed by atoms with E-state index in [2.05, 4.69) is 85.8 Å². The van der Waals surface area contributed by atoms with E-state index in [-0.39, 0.29) is 11.7 Å². The Morgan fingerprint density at radius 1 is 0.641 bits per heavy atom. The molecule has 0 atom stereocenters. The highest BCUT2D eigenvalue weighted by molar-refractivity contribution is 5.98. The average Bonchev–Trinajstić information content (AvgIpc) is 2.84. The van der Waals surface area contributed by atoms with Crippen LogP contribution in [0.2, 0.25) is 0 Å². The molecule has 0 radical (unpaired) electrons. The van der Waals surface area contributed by atoms with Crippen LogP contribution in [0.5, 0.6) is 0 Å². The van der Waals surface area contributed by atoms with E-state index in [4.69, 9.17) is 0 Å². The molecule has 39 heavy (non-hydrogen) atoms. The molecule has 6 heteroatoms. The number of Topliss-reactive ketones (excluding diaryl/α,β-unsaturated/α-hetero) is 1. The molecule has 0 aliphatic rings. The van der Waals surface area contributed by atoms with Gasteiger partial charge in [-0.05, 0) is 31.4 Å². The van der Waals surface area contributed by atoms with Gasteiger partial charge in [0.05, 0.1) is 69.0 Å². The SMILES string of the molecule is CCC[N+](C)(C)CCCCC(=O)c1ccc(C(=O)NCCC[N+](C)(C)Cc2ccc(C[N+](C)(C)C)cc2)cc1. The summed E-state index contributed by atoms with van der Waals surface area (Å²) >= 11 is 0. The first-order chi connectivity index (χ1) is 18.2. The molecule has 0 aliphatic carbocycles. The fraction of sp³-hybridized carbons (Fsp3) is 0.576.